The summed E-state index contributed by atoms with van der Waals surface area (Å²) < 4.78 is 1.70. The van der Waals surface area contributed by atoms with Crippen molar-refractivity contribution in [2.24, 2.45) is 0 Å². The van der Waals surface area contributed by atoms with Gasteiger partial charge in [0, 0.05) is 17.2 Å². The lowest BCUT2D eigenvalue weighted by molar-refractivity contribution is -0.709. The van der Waals surface area contributed by atoms with Crippen molar-refractivity contribution in [2.45, 2.75) is 6.17 Å². The van der Waals surface area contributed by atoms with E-state index in [9.17, 15) is 10.1 Å². The van der Waals surface area contributed by atoms with E-state index >= 15 is 0 Å². The molecule has 0 spiro atoms. The van der Waals surface area contributed by atoms with Crippen LogP contribution < -0.4 is 0 Å². The van der Waals surface area contributed by atoms with E-state index in [1.807, 2.05) is 60.8 Å². The predicted octanol–water partition coefficient (Wildman–Crippen LogP) is 3.08. The number of fused-ring (bicyclic) bond motifs is 1. The standard InChI is InChI=1S/C16H13N2O2/c19-18(20)16-11-10-14-8-4-5-9-15(14)17(16)12-13-6-2-1-3-7-13/h1-12,16H/q+1. The molecular formula is C16H13N2O2+. The maximum atomic E-state index is 11.3. The molecule has 0 saturated carbocycles. The summed E-state index contributed by atoms with van der Waals surface area (Å²) in [5.41, 5.74) is 2.77. The molecule has 4 heteroatoms. The monoisotopic (exact) mass is 265 g/mol. The van der Waals surface area contributed by atoms with Gasteiger partial charge in [-0.05, 0) is 24.3 Å². The minimum Gasteiger partial charge on any atom is -0.258 e. The third-order valence-corrected chi connectivity index (χ3v) is 3.25. The molecule has 1 unspecified atom stereocenters. The summed E-state index contributed by atoms with van der Waals surface area (Å²) in [5, 5.41) is 11.3. The molecular weight excluding hydrogens is 252 g/mol. The van der Waals surface area contributed by atoms with Gasteiger partial charge in [0.25, 0.3) is 0 Å². The lowest BCUT2D eigenvalue weighted by Crippen LogP contribution is -2.31. The molecule has 1 aliphatic heterocycles. The first-order chi connectivity index (χ1) is 9.75. The van der Waals surface area contributed by atoms with E-state index in [0.717, 1.165) is 16.8 Å². The molecule has 2 aromatic carbocycles. The average molecular weight is 265 g/mol. The number of hydrogen-bond donors (Lipinski definition) is 0. The highest BCUT2D eigenvalue weighted by atomic mass is 16.6. The topological polar surface area (TPSA) is 46.1 Å². The number of hydrogen-bond acceptors (Lipinski definition) is 2. The Balaban J connectivity index is 2.15. The van der Waals surface area contributed by atoms with Crippen LogP contribution in [0, 0.1) is 10.1 Å². The molecule has 0 N–H and O–H groups in total. The highest BCUT2D eigenvalue weighted by Gasteiger charge is 2.35. The largest absolute Gasteiger partial charge is 0.423 e. The normalized spacial score (nSPS) is 18.8. The van der Waals surface area contributed by atoms with Gasteiger partial charge < -0.3 is 0 Å². The van der Waals surface area contributed by atoms with Gasteiger partial charge >= 0.3 is 6.17 Å². The number of rotatable bonds is 2. The predicted molar refractivity (Wildman–Crippen MR) is 77.8 cm³/mol. The maximum absolute atomic E-state index is 11.3. The van der Waals surface area contributed by atoms with Gasteiger partial charge in [0.15, 0.2) is 6.21 Å². The summed E-state index contributed by atoms with van der Waals surface area (Å²) in [5.74, 6) is 0. The highest BCUT2D eigenvalue weighted by molar-refractivity contribution is 5.77. The van der Waals surface area contributed by atoms with Crippen LogP contribution >= 0.6 is 0 Å². The number of nitro groups is 1. The van der Waals surface area contributed by atoms with Crippen molar-refractivity contribution in [3.63, 3.8) is 0 Å². The van der Waals surface area contributed by atoms with Crippen LogP contribution in [0.15, 0.2) is 60.7 Å². The fraction of sp³-hybridized carbons (Fsp3) is 0.0625. The summed E-state index contributed by atoms with van der Waals surface area (Å²) in [6, 6.07) is 17.3. The third-order valence-electron chi connectivity index (χ3n) is 3.25. The maximum Gasteiger partial charge on any atom is 0.423 e. The molecule has 0 aromatic heterocycles. The van der Waals surface area contributed by atoms with Crippen LogP contribution in [0.5, 0.6) is 0 Å². The van der Waals surface area contributed by atoms with Gasteiger partial charge in [-0.3, -0.25) is 10.1 Å². The molecule has 0 saturated heterocycles. The molecule has 0 radical (unpaired) electrons. The van der Waals surface area contributed by atoms with Crippen molar-refractivity contribution in [1.29, 1.82) is 0 Å². The van der Waals surface area contributed by atoms with Gasteiger partial charge in [-0.15, -0.1) is 4.58 Å². The Kier molecular flexibility index (Phi) is 3.13. The molecule has 1 atom stereocenters. The molecule has 20 heavy (non-hydrogen) atoms. The second kappa shape index (κ2) is 5.09. The Labute approximate surface area is 116 Å². The molecule has 0 fully saturated rings. The average Bonchev–Trinajstić information content (AvgIpc) is 2.48. The van der Waals surface area contributed by atoms with E-state index in [4.69, 9.17) is 0 Å². The Bertz CT molecular complexity index is 705. The lowest BCUT2D eigenvalue weighted by Gasteiger charge is -2.12. The summed E-state index contributed by atoms with van der Waals surface area (Å²) in [6.45, 7) is 0. The van der Waals surface area contributed by atoms with E-state index in [1.165, 1.54) is 0 Å². The first kappa shape index (κ1) is 12.3. The van der Waals surface area contributed by atoms with Crippen molar-refractivity contribution in [1.82, 2.24) is 0 Å². The van der Waals surface area contributed by atoms with Crippen LogP contribution in [-0.4, -0.2) is 21.9 Å². The van der Waals surface area contributed by atoms with Crippen LogP contribution in [0.2, 0.25) is 0 Å². The van der Waals surface area contributed by atoms with Gasteiger partial charge in [0.05, 0.1) is 11.0 Å². The lowest BCUT2D eigenvalue weighted by atomic mass is 10.1. The zero-order valence-electron chi connectivity index (χ0n) is 10.7. The number of para-hydroxylation sites is 1. The fourth-order valence-corrected chi connectivity index (χ4v) is 2.31. The van der Waals surface area contributed by atoms with Gasteiger partial charge in [-0.2, -0.15) is 0 Å². The van der Waals surface area contributed by atoms with Crippen molar-refractivity contribution in [3.8, 4) is 0 Å². The van der Waals surface area contributed by atoms with Gasteiger partial charge in [0.1, 0.15) is 0 Å². The van der Waals surface area contributed by atoms with E-state index < -0.39 is 6.17 Å². The molecule has 0 amide bonds. The van der Waals surface area contributed by atoms with Crippen LogP contribution in [0.25, 0.3) is 6.08 Å². The quantitative estimate of drug-likeness (QED) is 0.476. The molecule has 2 aromatic rings. The first-order valence-corrected chi connectivity index (χ1v) is 6.35. The Morgan fingerprint density at radius 1 is 1.05 bits per heavy atom. The van der Waals surface area contributed by atoms with Gasteiger partial charge in [0.2, 0.25) is 5.69 Å². The molecule has 3 rings (SSSR count). The van der Waals surface area contributed by atoms with Crippen molar-refractivity contribution >= 4 is 18.0 Å². The zero-order valence-corrected chi connectivity index (χ0v) is 10.7. The molecule has 1 aliphatic rings. The van der Waals surface area contributed by atoms with Crippen molar-refractivity contribution in [3.05, 3.63) is 81.9 Å². The Hall–Kier alpha value is -2.75. The van der Waals surface area contributed by atoms with E-state index in [1.54, 1.807) is 16.7 Å². The highest BCUT2D eigenvalue weighted by Crippen LogP contribution is 2.27. The molecule has 4 nitrogen and oxygen atoms in total. The Morgan fingerprint density at radius 2 is 1.75 bits per heavy atom. The number of nitrogens with zero attached hydrogens (tertiary/aromatic N) is 2. The van der Waals surface area contributed by atoms with Crippen LogP contribution in [0.3, 0.4) is 0 Å². The number of benzene rings is 2. The fourth-order valence-electron chi connectivity index (χ4n) is 2.31. The van der Waals surface area contributed by atoms with Crippen LogP contribution in [0.1, 0.15) is 11.1 Å². The minimum absolute atomic E-state index is 0.286. The zero-order chi connectivity index (χ0) is 13.9. The Morgan fingerprint density at radius 3 is 2.50 bits per heavy atom. The second-order valence-corrected chi connectivity index (χ2v) is 4.56. The second-order valence-electron chi connectivity index (χ2n) is 4.56. The van der Waals surface area contributed by atoms with Crippen LogP contribution in [0.4, 0.5) is 5.69 Å². The molecule has 0 bridgehead atoms. The molecule has 98 valence electrons. The van der Waals surface area contributed by atoms with Crippen LogP contribution in [-0.2, 0) is 0 Å². The minimum atomic E-state index is -0.870. The SMILES string of the molecule is O=[N+]([O-])C1C=Cc2ccccc2[N+]1=Cc1ccccc1. The van der Waals surface area contributed by atoms with Crippen molar-refractivity contribution in [2.75, 3.05) is 0 Å². The molecule has 0 aliphatic carbocycles. The third kappa shape index (κ3) is 2.23. The smallest absolute Gasteiger partial charge is 0.258 e. The van der Waals surface area contributed by atoms with Gasteiger partial charge in [-0.25, -0.2) is 0 Å². The molecule has 1 heterocycles. The van der Waals surface area contributed by atoms with E-state index in [-0.39, 0.29) is 4.92 Å². The van der Waals surface area contributed by atoms with Crippen molar-refractivity contribution < 1.29 is 9.50 Å². The summed E-state index contributed by atoms with van der Waals surface area (Å²) in [7, 11) is 0. The summed E-state index contributed by atoms with van der Waals surface area (Å²) >= 11 is 0. The van der Waals surface area contributed by atoms with E-state index in [0.29, 0.717) is 0 Å². The summed E-state index contributed by atoms with van der Waals surface area (Å²) in [6.07, 6.45) is 4.36. The first-order valence-electron chi connectivity index (χ1n) is 6.35. The van der Waals surface area contributed by atoms with E-state index in [2.05, 4.69) is 0 Å². The summed E-state index contributed by atoms with van der Waals surface area (Å²) in [4.78, 5) is 11.0. The van der Waals surface area contributed by atoms with Gasteiger partial charge in [-0.1, -0.05) is 30.3 Å².